The molecule has 0 aromatic rings. The van der Waals surface area contributed by atoms with Gasteiger partial charge in [-0.2, -0.15) is 0 Å². The molecule has 1 fully saturated rings. The summed E-state index contributed by atoms with van der Waals surface area (Å²) >= 11 is 4.64. The molecule has 0 bridgehead atoms. The van der Waals surface area contributed by atoms with Crippen LogP contribution in [-0.2, 0) is 4.79 Å². The second-order valence-electron chi connectivity index (χ2n) is 2.45. The lowest BCUT2D eigenvalue weighted by atomic mass is 10.2. The Kier molecular flexibility index (Phi) is 7.14. The summed E-state index contributed by atoms with van der Waals surface area (Å²) in [4.78, 5) is 10.2. The van der Waals surface area contributed by atoms with E-state index in [-0.39, 0.29) is 12.5 Å². The number of carbonyl (C=O) groups is 1. The number of carboxylic acid groups (broad SMARTS) is 1. The molecule has 3 N–H and O–H groups in total. The lowest BCUT2D eigenvalue weighted by molar-refractivity contribution is -0.137. The van der Waals surface area contributed by atoms with Crippen LogP contribution in [0.3, 0.4) is 0 Å². The summed E-state index contributed by atoms with van der Waals surface area (Å²) in [6.07, 6.45) is 1.69. The van der Waals surface area contributed by atoms with E-state index in [9.17, 15) is 4.79 Å². The van der Waals surface area contributed by atoms with Crippen molar-refractivity contribution in [1.82, 2.24) is 10.6 Å². The van der Waals surface area contributed by atoms with Gasteiger partial charge in [0.25, 0.3) is 0 Å². The van der Waals surface area contributed by atoms with E-state index >= 15 is 0 Å². The highest BCUT2D eigenvalue weighted by atomic mass is 35.5. The Labute approximate surface area is 77.3 Å². The fourth-order valence-electron chi connectivity index (χ4n) is 1.07. The zero-order valence-electron chi connectivity index (χ0n) is 7.14. The number of aliphatic carboxylic acids is 1. The number of hydrogen-bond donors (Lipinski definition) is 3. The largest absolute Gasteiger partial charge is 0.481 e. The van der Waals surface area contributed by atoms with E-state index in [2.05, 4.69) is 22.2 Å². The van der Waals surface area contributed by atoms with Crippen LogP contribution in [0.15, 0.2) is 0 Å². The van der Waals surface area contributed by atoms with Crippen molar-refractivity contribution in [3.05, 3.63) is 0 Å². The molecule has 0 saturated carbocycles. The number of nitrogens with one attached hydrogen (secondary N) is 2. The van der Waals surface area contributed by atoms with Gasteiger partial charge in [-0.05, 0) is 0 Å². The maximum atomic E-state index is 10.2. The first kappa shape index (κ1) is 11.7. The number of halogens is 1. The minimum Gasteiger partial charge on any atom is -0.481 e. The minimum atomic E-state index is -0.735. The van der Waals surface area contributed by atoms with E-state index in [1.165, 1.54) is 6.38 Å². The second-order valence-corrected chi connectivity index (χ2v) is 2.45. The van der Waals surface area contributed by atoms with Crippen molar-refractivity contribution in [2.75, 3.05) is 26.0 Å². The van der Waals surface area contributed by atoms with Gasteiger partial charge in [-0.3, -0.25) is 4.79 Å². The molecule has 1 heterocycles. The van der Waals surface area contributed by atoms with Crippen LogP contribution in [0, 0.1) is 0 Å². The fourth-order valence-corrected chi connectivity index (χ4v) is 1.07. The van der Waals surface area contributed by atoms with Gasteiger partial charge in [0, 0.05) is 32.1 Å². The lowest BCUT2D eigenvalue weighted by Crippen LogP contribution is -2.49. The van der Waals surface area contributed by atoms with Crippen LogP contribution in [0.1, 0.15) is 6.42 Å². The molecule has 0 aliphatic carbocycles. The third-order valence-electron chi connectivity index (χ3n) is 1.55. The maximum Gasteiger partial charge on any atom is 0.304 e. The summed E-state index contributed by atoms with van der Waals surface area (Å²) in [6.45, 7) is 2.58. The van der Waals surface area contributed by atoms with E-state index < -0.39 is 5.97 Å². The highest BCUT2D eigenvalue weighted by Gasteiger charge is 2.14. The van der Waals surface area contributed by atoms with Crippen LogP contribution in [0.4, 0.5) is 0 Å². The number of piperazine rings is 1. The Balaban J connectivity index is 0.000000561. The molecule has 4 nitrogen and oxygen atoms in total. The molecule has 12 heavy (non-hydrogen) atoms. The molecular formula is C7H15ClN2O2. The fraction of sp³-hybridized carbons (Fsp3) is 0.857. The third kappa shape index (κ3) is 5.35. The Morgan fingerprint density at radius 1 is 1.58 bits per heavy atom. The molecule has 1 atom stereocenters. The first-order valence-electron chi connectivity index (χ1n) is 3.83. The van der Waals surface area contributed by atoms with Crippen LogP contribution in [0.5, 0.6) is 0 Å². The van der Waals surface area contributed by atoms with Crippen molar-refractivity contribution < 1.29 is 9.90 Å². The summed E-state index contributed by atoms with van der Waals surface area (Å²) in [7, 11) is 0. The van der Waals surface area contributed by atoms with E-state index in [1.807, 2.05) is 0 Å². The molecular weight excluding hydrogens is 180 g/mol. The average Bonchev–Trinajstić information content (AvgIpc) is 2.08. The van der Waals surface area contributed by atoms with Crippen LogP contribution >= 0.6 is 11.6 Å². The SMILES string of the molecule is CCl.O=C(O)CC1CNCCN1. The van der Waals surface area contributed by atoms with Crippen molar-refractivity contribution >= 4 is 17.6 Å². The second kappa shape index (κ2) is 7.34. The minimum absolute atomic E-state index is 0.117. The highest BCUT2D eigenvalue weighted by Crippen LogP contribution is 1.92. The predicted octanol–water partition coefficient (Wildman–Crippen LogP) is -0.122. The summed E-state index contributed by atoms with van der Waals surface area (Å²) in [5.41, 5.74) is 0. The third-order valence-corrected chi connectivity index (χ3v) is 1.55. The standard InChI is InChI=1S/C6H12N2O2.CH3Cl/c9-6(10)3-5-4-7-1-2-8-5;1-2/h5,7-8H,1-4H2,(H,9,10);1H3. The molecule has 0 aromatic carbocycles. The van der Waals surface area contributed by atoms with E-state index in [4.69, 9.17) is 5.11 Å². The summed E-state index contributed by atoms with van der Waals surface area (Å²) < 4.78 is 0. The molecule has 1 saturated heterocycles. The normalized spacial score (nSPS) is 22.3. The van der Waals surface area contributed by atoms with Gasteiger partial charge >= 0.3 is 5.97 Å². The predicted molar refractivity (Wildman–Crippen MR) is 48.7 cm³/mol. The molecule has 5 heteroatoms. The number of rotatable bonds is 2. The molecule has 0 radical (unpaired) electrons. The zero-order valence-corrected chi connectivity index (χ0v) is 7.90. The van der Waals surface area contributed by atoms with Crippen molar-refractivity contribution in [3.63, 3.8) is 0 Å². The van der Waals surface area contributed by atoms with Crippen LogP contribution in [0.25, 0.3) is 0 Å². The van der Waals surface area contributed by atoms with Gasteiger partial charge in [0.05, 0.1) is 6.42 Å². The van der Waals surface area contributed by atoms with Gasteiger partial charge in [0.2, 0.25) is 0 Å². The Bertz CT molecular complexity index is 127. The quantitative estimate of drug-likeness (QED) is 0.537. The number of alkyl halides is 1. The van der Waals surface area contributed by atoms with Crippen molar-refractivity contribution in [2.45, 2.75) is 12.5 Å². The van der Waals surface area contributed by atoms with Crippen LogP contribution < -0.4 is 10.6 Å². The van der Waals surface area contributed by atoms with Gasteiger partial charge in [-0.1, -0.05) is 0 Å². The highest BCUT2D eigenvalue weighted by molar-refractivity contribution is 6.15. The molecule has 0 spiro atoms. The lowest BCUT2D eigenvalue weighted by Gasteiger charge is -2.22. The molecule has 0 aromatic heterocycles. The monoisotopic (exact) mass is 194 g/mol. The summed E-state index contributed by atoms with van der Waals surface area (Å²) in [5.74, 6) is -0.735. The van der Waals surface area contributed by atoms with E-state index in [0.29, 0.717) is 0 Å². The van der Waals surface area contributed by atoms with Crippen molar-refractivity contribution in [1.29, 1.82) is 0 Å². The van der Waals surface area contributed by atoms with Gasteiger partial charge in [0.1, 0.15) is 0 Å². The van der Waals surface area contributed by atoms with Crippen molar-refractivity contribution in [2.24, 2.45) is 0 Å². The van der Waals surface area contributed by atoms with E-state index in [0.717, 1.165) is 19.6 Å². The molecule has 1 rings (SSSR count). The zero-order chi connectivity index (χ0) is 9.40. The Morgan fingerprint density at radius 2 is 2.25 bits per heavy atom. The van der Waals surface area contributed by atoms with E-state index in [1.54, 1.807) is 0 Å². The molecule has 1 aliphatic rings. The Morgan fingerprint density at radius 3 is 2.67 bits per heavy atom. The van der Waals surface area contributed by atoms with Gasteiger partial charge in [-0.25, -0.2) is 0 Å². The summed E-state index contributed by atoms with van der Waals surface area (Å²) in [5, 5.41) is 14.6. The molecule has 0 amide bonds. The topological polar surface area (TPSA) is 61.4 Å². The van der Waals surface area contributed by atoms with Gasteiger partial charge in [0.15, 0.2) is 0 Å². The average molecular weight is 195 g/mol. The summed E-state index contributed by atoms with van der Waals surface area (Å²) in [6, 6.07) is 0.117. The van der Waals surface area contributed by atoms with Gasteiger partial charge < -0.3 is 15.7 Å². The smallest absolute Gasteiger partial charge is 0.304 e. The maximum absolute atomic E-state index is 10.2. The molecule has 1 aliphatic heterocycles. The van der Waals surface area contributed by atoms with Crippen LogP contribution in [-0.4, -0.2) is 43.1 Å². The van der Waals surface area contributed by atoms with Crippen LogP contribution in [0.2, 0.25) is 0 Å². The Hall–Kier alpha value is -0.320. The number of hydrogen-bond acceptors (Lipinski definition) is 3. The first-order chi connectivity index (χ1) is 5.79. The van der Waals surface area contributed by atoms with Crippen molar-refractivity contribution in [3.8, 4) is 0 Å². The first-order valence-corrected chi connectivity index (χ1v) is 4.58. The molecule has 72 valence electrons. The molecule has 1 unspecified atom stereocenters. The van der Waals surface area contributed by atoms with Gasteiger partial charge in [-0.15, -0.1) is 11.6 Å². The number of carboxylic acids is 1.